The van der Waals surface area contributed by atoms with Gasteiger partial charge in [-0.3, -0.25) is 4.90 Å². The molecular formula is C11H26N2O2. The summed E-state index contributed by atoms with van der Waals surface area (Å²) in [6.45, 7) is 7.83. The Kier molecular flexibility index (Phi) is 9.00. The molecule has 0 aromatic heterocycles. The fourth-order valence-electron chi connectivity index (χ4n) is 1.97. The lowest BCUT2D eigenvalue weighted by molar-refractivity contribution is 0.0368. The summed E-state index contributed by atoms with van der Waals surface area (Å²) in [5.74, 6) is 0. The van der Waals surface area contributed by atoms with Gasteiger partial charge in [-0.1, -0.05) is 6.92 Å². The number of hydrogen-bond acceptors (Lipinski definition) is 4. The summed E-state index contributed by atoms with van der Waals surface area (Å²) in [4.78, 5) is 2.41. The van der Waals surface area contributed by atoms with E-state index >= 15 is 0 Å². The van der Waals surface area contributed by atoms with Crippen LogP contribution in [0.15, 0.2) is 0 Å². The Morgan fingerprint density at radius 1 is 1.20 bits per heavy atom. The summed E-state index contributed by atoms with van der Waals surface area (Å²) in [7, 11) is 5.46. The first-order valence-electron chi connectivity index (χ1n) is 5.59. The zero-order valence-electron chi connectivity index (χ0n) is 10.7. The molecule has 4 heteroatoms. The molecule has 0 aliphatic carbocycles. The maximum Gasteiger partial charge on any atom is 0.0630 e. The first-order valence-corrected chi connectivity index (χ1v) is 5.59. The maximum atomic E-state index is 5.25. The summed E-state index contributed by atoms with van der Waals surface area (Å²) in [6.07, 6.45) is 0. The molecule has 92 valence electrons. The van der Waals surface area contributed by atoms with Crippen LogP contribution in [0, 0.1) is 0 Å². The SMILES string of the molecule is CCN(C(C)COC)C(CNC)COC. The van der Waals surface area contributed by atoms with E-state index in [4.69, 9.17) is 9.47 Å². The second-order valence-electron chi connectivity index (χ2n) is 3.80. The van der Waals surface area contributed by atoms with Gasteiger partial charge < -0.3 is 14.8 Å². The molecule has 4 nitrogen and oxygen atoms in total. The van der Waals surface area contributed by atoms with E-state index in [0.29, 0.717) is 12.1 Å². The third-order valence-electron chi connectivity index (χ3n) is 2.61. The Morgan fingerprint density at radius 2 is 1.80 bits per heavy atom. The number of ether oxygens (including phenoxy) is 2. The summed E-state index contributed by atoms with van der Waals surface area (Å²) < 4.78 is 10.4. The fourth-order valence-corrected chi connectivity index (χ4v) is 1.97. The second kappa shape index (κ2) is 9.09. The van der Waals surface area contributed by atoms with Crippen molar-refractivity contribution in [3.05, 3.63) is 0 Å². The highest BCUT2D eigenvalue weighted by molar-refractivity contribution is 4.77. The Balaban J connectivity index is 4.28. The molecule has 0 spiro atoms. The highest BCUT2D eigenvalue weighted by atomic mass is 16.5. The lowest BCUT2D eigenvalue weighted by Crippen LogP contribution is -2.50. The average Bonchev–Trinajstić information content (AvgIpc) is 2.20. The van der Waals surface area contributed by atoms with E-state index < -0.39 is 0 Å². The van der Waals surface area contributed by atoms with Gasteiger partial charge in [0.2, 0.25) is 0 Å². The smallest absolute Gasteiger partial charge is 0.0630 e. The molecule has 0 aliphatic rings. The van der Waals surface area contributed by atoms with E-state index in [1.165, 1.54) is 0 Å². The highest BCUT2D eigenvalue weighted by Crippen LogP contribution is 2.06. The van der Waals surface area contributed by atoms with Crippen LogP contribution >= 0.6 is 0 Å². The van der Waals surface area contributed by atoms with Gasteiger partial charge in [0.1, 0.15) is 0 Å². The zero-order valence-corrected chi connectivity index (χ0v) is 10.7. The molecule has 2 atom stereocenters. The van der Waals surface area contributed by atoms with Crippen molar-refractivity contribution < 1.29 is 9.47 Å². The van der Waals surface area contributed by atoms with Gasteiger partial charge in [-0.05, 0) is 20.5 Å². The number of rotatable bonds is 9. The monoisotopic (exact) mass is 218 g/mol. The first kappa shape index (κ1) is 14.8. The van der Waals surface area contributed by atoms with Crippen LogP contribution in [0.3, 0.4) is 0 Å². The molecule has 0 rings (SSSR count). The molecule has 0 aromatic rings. The average molecular weight is 218 g/mol. The first-order chi connectivity index (χ1) is 7.21. The molecule has 0 radical (unpaired) electrons. The maximum absolute atomic E-state index is 5.25. The Hall–Kier alpha value is -0.160. The number of hydrogen-bond donors (Lipinski definition) is 1. The van der Waals surface area contributed by atoms with Crippen molar-refractivity contribution in [1.29, 1.82) is 0 Å². The molecule has 15 heavy (non-hydrogen) atoms. The van der Waals surface area contributed by atoms with Crippen molar-refractivity contribution in [2.24, 2.45) is 0 Å². The molecule has 0 heterocycles. The Labute approximate surface area is 93.9 Å². The standard InChI is InChI=1S/C11H26N2O2/c1-6-13(10(2)8-14-4)11(7-12-3)9-15-5/h10-12H,6-9H2,1-5H3. The topological polar surface area (TPSA) is 33.7 Å². The molecule has 0 amide bonds. The van der Waals surface area contributed by atoms with Gasteiger partial charge in [0, 0.05) is 32.8 Å². The molecule has 0 aromatic carbocycles. The van der Waals surface area contributed by atoms with Crippen LogP contribution in [0.1, 0.15) is 13.8 Å². The predicted octanol–water partition coefficient (Wildman–Crippen LogP) is 0.578. The summed E-state index contributed by atoms with van der Waals surface area (Å²) >= 11 is 0. The zero-order chi connectivity index (χ0) is 11.7. The molecule has 0 saturated carbocycles. The Morgan fingerprint density at radius 3 is 2.20 bits per heavy atom. The van der Waals surface area contributed by atoms with Gasteiger partial charge in [0.25, 0.3) is 0 Å². The third-order valence-corrected chi connectivity index (χ3v) is 2.61. The van der Waals surface area contributed by atoms with Crippen molar-refractivity contribution in [2.75, 3.05) is 47.6 Å². The van der Waals surface area contributed by atoms with Gasteiger partial charge in [-0.25, -0.2) is 0 Å². The van der Waals surface area contributed by atoms with Gasteiger partial charge in [0.05, 0.1) is 13.2 Å². The van der Waals surface area contributed by atoms with Crippen LogP contribution in [0.4, 0.5) is 0 Å². The van der Waals surface area contributed by atoms with Crippen LogP contribution in [-0.2, 0) is 9.47 Å². The van der Waals surface area contributed by atoms with Crippen LogP contribution in [0.25, 0.3) is 0 Å². The van der Waals surface area contributed by atoms with E-state index in [-0.39, 0.29) is 0 Å². The summed E-state index contributed by atoms with van der Waals surface area (Å²) in [5, 5.41) is 3.20. The van der Waals surface area contributed by atoms with Gasteiger partial charge in [-0.2, -0.15) is 0 Å². The van der Waals surface area contributed by atoms with Crippen LogP contribution in [0.5, 0.6) is 0 Å². The van der Waals surface area contributed by atoms with Crippen LogP contribution in [0.2, 0.25) is 0 Å². The van der Waals surface area contributed by atoms with Crippen molar-refractivity contribution in [2.45, 2.75) is 25.9 Å². The Bertz CT molecular complexity index is 139. The molecule has 0 bridgehead atoms. The van der Waals surface area contributed by atoms with E-state index in [0.717, 1.165) is 26.3 Å². The minimum atomic E-state index is 0.412. The fraction of sp³-hybridized carbons (Fsp3) is 1.00. The molecule has 0 aliphatic heterocycles. The number of nitrogens with one attached hydrogen (secondary N) is 1. The number of nitrogens with zero attached hydrogens (tertiary/aromatic N) is 1. The third kappa shape index (κ3) is 5.47. The van der Waals surface area contributed by atoms with Crippen molar-refractivity contribution in [1.82, 2.24) is 10.2 Å². The lowest BCUT2D eigenvalue weighted by Gasteiger charge is -2.34. The van der Waals surface area contributed by atoms with Gasteiger partial charge >= 0.3 is 0 Å². The minimum Gasteiger partial charge on any atom is -0.383 e. The molecule has 2 unspecified atom stereocenters. The van der Waals surface area contributed by atoms with Crippen LogP contribution in [-0.4, -0.2) is 64.6 Å². The lowest BCUT2D eigenvalue weighted by atomic mass is 10.2. The van der Waals surface area contributed by atoms with E-state index in [2.05, 4.69) is 24.1 Å². The van der Waals surface area contributed by atoms with Crippen molar-refractivity contribution in [3.8, 4) is 0 Å². The van der Waals surface area contributed by atoms with E-state index in [1.54, 1.807) is 14.2 Å². The van der Waals surface area contributed by atoms with Crippen LogP contribution < -0.4 is 5.32 Å². The quantitative estimate of drug-likeness (QED) is 0.614. The van der Waals surface area contributed by atoms with E-state index in [9.17, 15) is 0 Å². The van der Waals surface area contributed by atoms with Crippen molar-refractivity contribution in [3.63, 3.8) is 0 Å². The normalized spacial score (nSPS) is 15.6. The van der Waals surface area contributed by atoms with Gasteiger partial charge in [-0.15, -0.1) is 0 Å². The molecule has 0 fully saturated rings. The predicted molar refractivity (Wildman–Crippen MR) is 63.3 cm³/mol. The molecular weight excluding hydrogens is 192 g/mol. The minimum absolute atomic E-state index is 0.412. The second-order valence-corrected chi connectivity index (χ2v) is 3.80. The summed E-state index contributed by atoms with van der Waals surface area (Å²) in [5.41, 5.74) is 0. The molecule has 1 N–H and O–H groups in total. The molecule has 0 saturated heterocycles. The van der Waals surface area contributed by atoms with E-state index in [1.807, 2.05) is 7.05 Å². The number of methoxy groups -OCH3 is 2. The van der Waals surface area contributed by atoms with Crippen molar-refractivity contribution >= 4 is 0 Å². The largest absolute Gasteiger partial charge is 0.383 e. The van der Waals surface area contributed by atoms with Gasteiger partial charge in [0.15, 0.2) is 0 Å². The number of likely N-dealkylation sites (N-methyl/N-ethyl adjacent to an activating group) is 2. The highest BCUT2D eigenvalue weighted by Gasteiger charge is 2.21. The summed E-state index contributed by atoms with van der Waals surface area (Å²) in [6, 6.07) is 0.837.